The number of furan rings is 1. The lowest BCUT2D eigenvalue weighted by Crippen LogP contribution is -2.37. The molecule has 0 unspecified atom stereocenters. The molecule has 1 aliphatic rings. The highest BCUT2D eigenvalue weighted by molar-refractivity contribution is 5.91. The van der Waals surface area contributed by atoms with Gasteiger partial charge in [-0.15, -0.1) is 0 Å². The number of rotatable bonds is 3. The van der Waals surface area contributed by atoms with E-state index >= 15 is 0 Å². The Bertz CT molecular complexity index is 447. The molecule has 0 radical (unpaired) electrons. The molecule has 1 saturated carbocycles. The minimum Gasteiger partial charge on any atom is -0.395 e. The minimum atomic E-state index is -0.654. The maximum Gasteiger partial charge on any atom is 0.433 e. The Balaban J connectivity index is 1.93. The predicted molar refractivity (Wildman–Crippen MR) is 64.2 cm³/mol. The van der Waals surface area contributed by atoms with Crippen LogP contribution in [0.3, 0.4) is 0 Å². The van der Waals surface area contributed by atoms with Crippen molar-refractivity contribution in [2.75, 3.05) is 0 Å². The Morgan fingerprint density at radius 1 is 1.39 bits per heavy atom. The zero-order valence-corrected chi connectivity index (χ0v) is 10.2. The van der Waals surface area contributed by atoms with Crippen LogP contribution in [0, 0.1) is 16.0 Å². The first-order valence-electron chi connectivity index (χ1n) is 6.11. The third kappa shape index (κ3) is 2.88. The van der Waals surface area contributed by atoms with Crippen LogP contribution in [0.4, 0.5) is 5.88 Å². The zero-order chi connectivity index (χ0) is 13.1. The first kappa shape index (κ1) is 12.6. The van der Waals surface area contributed by atoms with Crippen molar-refractivity contribution in [1.82, 2.24) is 5.32 Å². The van der Waals surface area contributed by atoms with Gasteiger partial charge >= 0.3 is 5.88 Å². The van der Waals surface area contributed by atoms with E-state index in [1.807, 2.05) is 0 Å². The molecule has 0 spiro atoms. The normalized spacial score (nSPS) is 23.6. The molecule has 1 N–H and O–H groups in total. The molecule has 1 aromatic rings. The molecular weight excluding hydrogens is 236 g/mol. The van der Waals surface area contributed by atoms with Gasteiger partial charge in [0.05, 0.1) is 6.07 Å². The van der Waals surface area contributed by atoms with Crippen molar-refractivity contribution in [3.05, 3.63) is 28.0 Å². The molecule has 1 fully saturated rings. The number of amides is 1. The summed E-state index contributed by atoms with van der Waals surface area (Å²) >= 11 is 0. The highest BCUT2D eigenvalue weighted by Crippen LogP contribution is 2.24. The third-order valence-electron chi connectivity index (χ3n) is 3.35. The molecule has 0 saturated heterocycles. The van der Waals surface area contributed by atoms with E-state index in [1.165, 1.54) is 12.1 Å². The molecule has 0 bridgehead atoms. The van der Waals surface area contributed by atoms with Crippen LogP contribution in [0.15, 0.2) is 16.5 Å². The monoisotopic (exact) mass is 252 g/mol. The van der Waals surface area contributed by atoms with Gasteiger partial charge in [-0.25, -0.2) is 0 Å². The van der Waals surface area contributed by atoms with Crippen molar-refractivity contribution in [3.63, 3.8) is 0 Å². The first-order chi connectivity index (χ1) is 8.56. The van der Waals surface area contributed by atoms with E-state index < -0.39 is 10.8 Å². The van der Waals surface area contributed by atoms with E-state index in [-0.39, 0.29) is 17.7 Å². The lowest BCUT2D eigenvalue weighted by molar-refractivity contribution is -0.402. The number of hydrogen-bond acceptors (Lipinski definition) is 4. The zero-order valence-electron chi connectivity index (χ0n) is 10.2. The third-order valence-corrected chi connectivity index (χ3v) is 3.35. The summed E-state index contributed by atoms with van der Waals surface area (Å²) < 4.78 is 4.86. The summed E-state index contributed by atoms with van der Waals surface area (Å²) in [5.41, 5.74) is 0. The van der Waals surface area contributed by atoms with Crippen LogP contribution in [-0.4, -0.2) is 16.9 Å². The molecule has 0 atom stereocenters. The summed E-state index contributed by atoms with van der Waals surface area (Å²) in [6.07, 6.45) is 4.11. The average Bonchev–Trinajstić information content (AvgIpc) is 2.81. The number of nitro groups is 1. The second kappa shape index (κ2) is 5.20. The van der Waals surface area contributed by atoms with Crippen LogP contribution in [0.5, 0.6) is 0 Å². The van der Waals surface area contributed by atoms with Gasteiger partial charge in [0.15, 0.2) is 5.76 Å². The van der Waals surface area contributed by atoms with E-state index in [4.69, 9.17) is 4.42 Å². The summed E-state index contributed by atoms with van der Waals surface area (Å²) in [7, 11) is 0. The quantitative estimate of drug-likeness (QED) is 0.661. The van der Waals surface area contributed by atoms with E-state index in [0.29, 0.717) is 5.92 Å². The Labute approximate surface area is 105 Å². The summed E-state index contributed by atoms with van der Waals surface area (Å²) in [4.78, 5) is 21.6. The van der Waals surface area contributed by atoms with Gasteiger partial charge in [-0.2, -0.15) is 0 Å². The molecule has 18 heavy (non-hydrogen) atoms. The lowest BCUT2D eigenvalue weighted by atomic mass is 9.87. The maximum absolute atomic E-state index is 11.8. The van der Waals surface area contributed by atoms with Crippen molar-refractivity contribution in [3.8, 4) is 0 Å². The highest BCUT2D eigenvalue weighted by atomic mass is 16.6. The Kier molecular flexibility index (Phi) is 3.64. The fourth-order valence-electron chi connectivity index (χ4n) is 2.21. The molecule has 1 aromatic heterocycles. The second-order valence-electron chi connectivity index (χ2n) is 4.83. The van der Waals surface area contributed by atoms with E-state index in [1.54, 1.807) is 0 Å². The number of carbonyl (C=O) groups excluding carboxylic acids is 1. The first-order valence-corrected chi connectivity index (χ1v) is 6.11. The van der Waals surface area contributed by atoms with Crippen LogP contribution in [-0.2, 0) is 0 Å². The van der Waals surface area contributed by atoms with E-state index in [0.717, 1.165) is 25.7 Å². The Hall–Kier alpha value is -1.85. The lowest BCUT2D eigenvalue weighted by Gasteiger charge is -2.26. The number of nitrogens with one attached hydrogen (secondary N) is 1. The van der Waals surface area contributed by atoms with Gasteiger partial charge in [0, 0.05) is 6.04 Å². The van der Waals surface area contributed by atoms with Crippen molar-refractivity contribution in [1.29, 1.82) is 0 Å². The fraction of sp³-hybridized carbons (Fsp3) is 0.583. The topological polar surface area (TPSA) is 85.4 Å². The van der Waals surface area contributed by atoms with Crippen molar-refractivity contribution in [2.24, 2.45) is 5.92 Å². The summed E-state index contributed by atoms with van der Waals surface area (Å²) in [5.74, 6) is -0.0664. The smallest absolute Gasteiger partial charge is 0.395 e. The molecule has 2 rings (SSSR count). The van der Waals surface area contributed by atoms with Gasteiger partial charge in [0.1, 0.15) is 4.92 Å². The van der Waals surface area contributed by atoms with Gasteiger partial charge in [-0.05, 0) is 37.7 Å². The maximum atomic E-state index is 11.8. The van der Waals surface area contributed by atoms with Crippen LogP contribution in [0.1, 0.15) is 43.2 Å². The summed E-state index contributed by atoms with van der Waals surface area (Å²) in [6.45, 7) is 2.20. The minimum absolute atomic E-state index is 0.000298. The van der Waals surface area contributed by atoms with Crippen molar-refractivity contribution in [2.45, 2.75) is 38.6 Å². The van der Waals surface area contributed by atoms with Crippen LogP contribution in [0.2, 0.25) is 0 Å². The molecule has 1 amide bonds. The summed E-state index contributed by atoms with van der Waals surface area (Å²) in [6, 6.07) is 2.68. The van der Waals surface area contributed by atoms with Gasteiger partial charge < -0.3 is 9.73 Å². The molecule has 0 aliphatic heterocycles. The Morgan fingerprint density at radius 2 is 2.06 bits per heavy atom. The van der Waals surface area contributed by atoms with Crippen molar-refractivity contribution >= 4 is 11.8 Å². The predicted octanol–water partition coefficient (Wildman–Crippen LogP) is 2.50. The second-order valence-corrected chi connectivity index (χ2v) is 4.83. The number of hydrogen-bond donors (Lipinski definition) is 1. The average molecular weight is 252 g/mol. The van der Waals surface area contributed by atoms with Gasteiger partial charge in [0.2, 0.25) is 0 Å². The highest BCUT2D eigenvalue weighted by Gasteiger charge is 2.23. The van der Waals surface area contributed by atoms with Gasteiger partial charge in [-0.3, -0.25) is 14.9 Å². The van der Waals surface area contributed by atoms with Gasteiger partial charge in [0.25, 0.3) is 5.91 Å². The van der Waals surface area contributed by atoms with Crippen molar-refractivity contribution < 1.29 is 14.1 Å². The molecule has 1 heterocycles. The molecular formula is C12H16N2O4. The van der Waals surface area contributed by atoms with Crippen LogP contribution < -0.4 is 5.32 Å². The standard InChI is InChI=1S/C12H16N2O4/c1-8-2-4-9(5-3-8)13-12(15)10-6-7-11(18-10)14(16)17/h6-9H,2-5H2,1H3,(H,13,15). The van der Waals surface area contributed by atoms with Crippen LogP contribution in [0.25, 0.3) is 0 Å². The molecule has 0 aromatic carbocycles. The molecule has 98 valence electrons. The number of nitrogens with zero attached hydrogens (tertiary/aromatic N) is 1. The SMILES string of the molecule is CC1CCC(NC(=O)c2ccc([N+](=O)[O-])o2)CC1. The molecule has 6 heteroatoms. The largest absolute Gasteiger partial charge is 0.433 e. The van der Waals surface area contributed by atoms with Crippen LogP contribution >= 0.6 is 0 Å². The van der Waals surface area contributed by atoms with E-state index in [9.17, 15) is 14.9 Å². The molecule has 1 aliphatic carbocycles. The fourth-order valence-corrected chi connectivity index (χ4v) is 2.21. The van der Waals surface area contributed by atoms with E-state index in [2.05, 4.69) is 12.2 Å². The Morgan fingerprint density at radius 3 is 2.61 bits per heavy atom. The van der Waals surface area contributed by atoms with Gasteiger partial charge in [-0.1, -0.05) is 6.92 Å². The number of carbonyl (C=O) groups is 1. The summed E-state index contributed by atoms with van der Waals surface area (Å²) in [5, 5.41) is 13.3. The molecule has 6 nitrogen and oxygen atoms in total.